The quantitative estimate of drug-likeness (QED) is 0.307. The highest BCUT2D eigenvalue weighted by molar-refractivity contribution is 7.93. The van der Waals surface area contributed by atoms with Crippen LogP contribution in [0.5, 0.6) is 17.2 Å². The Bertz CT molecular complexity index is 1360. The second-order valence-electron chi connectivity index (χ2n) is 9.19. The second kappa shape index (κ2) is 12.1. The summed E-state index contributed by atoms with van der Waals surface area (Å²) in [5.41, 5.74) is 0.547. The van der Waals surface area contributed by atoms with Crippen molar-refractivity contribution in [1.82, 2.24) is 9.88 Å². The lowest BCUT2D eigenvalue weighted by atomic mass is 9.91. The summed E-state index contributed by atoms with van der Waals surface area (Å²) in [7, 11) is 2.55. The molecule has 0 radical (unpaired) electrons. The van der Waals surface area contributed by atoms with E-state index in [2.05, 4.69) is 9.88 Å². The number of hydrogen-bond donors (Lipinski definition) is 0. The number of nitrogens with zero attached hydrogens (tertiary/aromatic N) is 3. The van der Waals surface area contributed by atoms with Gasteiger partial charge in [-0.05, 0) is 51.6 Å². The third kappa shape index (κ3) is 6.01. The number of benzene rings is 2. The van der Waals surface area contributed by atoms with Gasteiger partial charge in [0.25, 0.3) is 10.0 Å². The number of halogens is 2. The lowest BCUT2D eigenvalue weighted by molar-refractivity contribution is 0.0620. The molecule has 2 aromatic carbocycles. The monoisotopic (exact) mass is 583 g/mol. The van der Waals surface area contributed by atoms with Crippen molar-refractivity contribution in [2.24, 2.45) is 0 Å². The van der Waals surface area contributed by atoms with Crippen molar-refractivity contribution >= 4 is 38.1 Å². The van der Waals surface area contributed by atoms with Gasteiger partial charge in [-0.15, -0.1) is 11.3 Å². The molecule has 8 nitrogen and oxygen atoms in total. The maximum atomic E-state index is 15.5. The van der Waals surface area contributed by atoms with Gasteiger partial charge >= 0.3 is 0 Å². The van der Waals surface area contributed by atoms with Gasteiger partial charge in [0.15, 0.2) is 5.13 Å². The number of hydrogen-bond acceptors (Lipinski definition) is 8. The molecule has 0 amide bonds. The van der Waals surface area contributed by atoms with E-state index in [1.807, 2.05) is 14.1 Å². The van der Waals surface area contributed by atoms with Crippen molar-refractivity contribution in [2.45, 2.75) is 49.3 Å². The fraction of sp³-hybridized carbons (Fsp3) is 0.423. The SMILES string of the molecule is COc1ccc(CN(c2nccs2)S(=O)(=O)c2cc(Cl)c(OC3CCCC[C@@H]3N(C)C)cc2F)c(OC)c1. The Balaban J connectivity index is 1.69. The highest BCUT2D eigenvalue weighted by Gasteiger charge is 2.33. The molecule has 38 heavy (non-hydrogen) atoms. The zero-order chi connectivity index (χ0) is 27.4. The average molecular weight is 584 g/mol. The van der Waals surface area contributed by atoms with Gasteiger partial charge in [-0.2, -0.15) is 0 Å². The summed E-state index contributed by atoms with van der Waals surface area (Å²) in [6, 6.07) is 7.37. The summed E-state index contributed by atoms with van der Waals surface area (Å²) in [5, 5.41) is 1.85. The van der Waals surface area contributed by atoms with Crippen LogP contribution < -0.4 is 18.5 Å². The summed E-state index contributed by atoms with van der Waals surface area (Å²) < 4.78 is 61.1. The van der Waals surface area contributed by atoms with E-state index >= 15 is 4.39 Å². The van der Waals surface area contributed by atoms with Gasteiger partial charge < -0.3 is 19.1 Å². The number of aromatic nitrogens is 1. The number of methoxy groups -OCH3 is 2. The van der Waals surface area contributed by atoms with E-state index in [4.69, 9.17) is 25.8 Å². The van der Waals surface area contributed by atoms with E-state index in [0.29, 0.717) is 17.1 Å². The molecular formula is C26H31ClFN3O5S2. The maximum absolute atomic E-state index is 15.5. The molecule has 0 bridgehead atoms. The Labute approximate surface area is 232 Å². The first-order valence-corrected chi connectivity index (χ1v) is 14.8. The predicted molar refractivity (Wildman–Crippen MR) is 147 cm³/mol. The van der Waals surface area contributed by atoms with Crippen molar-refractivity contribution in [3.05, 3.63) is 58.3 Å². The van der Waals surface area contributed by atoms with E-state index < -0.39 is 20.7 Å². The Morgan fingerprint density at radius 3 is 2.53 bits per heavy atom. The molecule has 4 rings (SSSR count). The average Bonchev–Trinajstić information content (AvgIpc) is 3.43. The van der Waals surface area contributed by atoms with Crippen LogP contribution >= 0.6 is 22.9 Å². The van der Waals surface area contributed by atoms with Gasteiger partial charge in [0.05, 0.1) is 25.8 Å². The molecule has 1 saturated carbocycles. The normalized spacial score (nSPS) is 17.9. The minimum absolute atomic E-state index is 0.0224. The molecule has 1 aliphatic carbocycles. The van der Waals surface area contributed by atoms with E-state index in [1.54, 1.807) is 23.6 Å². The molecule has 12 heteroatoms. The van der Waals surface area contributed by atoms with Crippen LogP contribution in [0.4, 0.5) is 9.52 Å². The van der Waals surface area contributed by atoms with Gasteiger partial charge in [-0.1, -0.05) is 18.0 Å². The summed E-state index contributed by atoms with van der Waals surface area (Å²) in [6.07, 6.45) is 5.17. The summed E-state index contributed by atoms with van der Waals surface area (Å²) in [4.78, 5) is 5.71. The molecule has 0 spiro atoms. The number of thiazole rings is 1. The molecule has 1 fully saturated rings. The van der Waals surface area contributed by atoms with Crippen LogP contribution in [0.2, 0.25) is 5.02 Å². The number of likely N-dealkylation sites (N-methyl/N-ethyl adjacent to an activating group) is 1. The van der Waals surface area contributed by atoms with Crippen molar-refractivity contribution < 1.29 is 27.0 Å². The number of anilines is 1. The summed E-state index contributed by atoms with van der Waals surface area (Å²) in [6.45, 7) is -0.148. The Hall–Kier alpha value is -2.60. The highest BCUT2D eigenvalue weighted by Crippen LogP contribution is 2.37. The zero-order valence-corrected chi connectivity index (χ0v) is 24.1. The van der Waals surface area contributed by atoms with Crippen LogP contribution in [-0.4, -0.2) is 58.8 Å². The first-order valence-electron chi connectivity index (χ1n) is 12.1. The number of ether oxygens (including phenoxy) is 3. The number of sulfonamides is 1. The molecule has 1 heterocycles. The van der Waals surface area contributed by atoms with Gasteiger partial charge in [-0.25, -0.2) is 22.1 Å². The molecule has 1 unspecified atom stereocenters. The fourth-order valence-electron chi connectivity index (χ4n) is 4.62. The van der Waals surface area contributed by atoms with Crippen LogP contribution in [0.15, 0.2) is 46.8 Å². The third-order valence-corrected chi connectivity index (χ3v) is 9.56. The van der Waals surface area contributed by atoms with E-state index in [9.17, 15) is 8.42 Å². The topological polar surface area (TPSA) is 81.2 Å². The Morgan fingerprint density at radius 1 is 1.11 bits per heavy atom. The van der Waals surface area contributed by atoms with Crippen molar-refractivity contribution in [2.75, 3.05) is 32.6 Å². The van der Waals surface area contributed by atoms with Crippen molar-refractivity contribution in [3.63, 3.8) is 0 Å². The summed E-state index contributed by atoms with van der Waals surface area (Å²) in [5.74, 6) is 0.146. The molecule has 1 aromatic heterocycles. The lowest BCUT2D eigenvalue weighted by Gasteiger charge is -2.36. The molecule has 0 aliphatic heterocycles. The maximum Gasteiger partial charge on any atom is 0.269 e. The van der Waals surface area contributed by atoms with E-state index in [1.165, 1.54) is 20.4 Å². The van der Waals surface area contributed by atoms with Crippen LogP contribution in [0.25, 0.3) is 0 Å². The first kappa shape index (κ1) is 28.4. The van der Waals surface area contributed by atoms with Crippen LogP contribution in [0.3, 0.4) is 0 Å². The first-order chi connectivity index (χ1) is 18.1. The van der Waals surface area contributed by atoms with Gasteiger partial charge in [0.1, 0.15) is 34.1 Å². The smallest absolute Gasteiger partial charge is 0.269 e. The van der Waals surface area contributed by atoms with E-state index in [-0.39, 0.29) is 34.6 Å². The van der Waals surface area contributed by atoms with Gasteiger partial charge in [0.2, 0.25) is 0 Å². The van der Waals surface area contributed by atoms with Crippen LogP contribution in [0, 0.1) is 5.82 Å². The minimum Gasteiger partial charge on any atom is -0.497 e. The van der Waals surface area contributed by atoms with Crippen LogP contribution in [-0.2, 0) is 16.6 Å². The second-order valence-corrected chi connectivity index (χ2v) is 12.3. The molecular weight excluding hydrogens is 553 g/mol. The third-order valence-electron chi connectivity index (χ3n) is 6.60. The fourth-order valence-corrected chi connectivity index (χ4v) is 7.23. The van der Waals surface area contributed by atoms with Gasteiger partial charge in [-0.3, -0.25) is 0 Å². The number of rotatable bonds is 10. The minimum atomic E-state index is -4.42. The standard InChI is InChI=1S/C26H31ClFN3O5S2/c1-30(2)21-7-5-6-8-22(21)36-24-15-20(28)25(14-19(24)27)38(32,33)31(26-29-11-12-37-26)16-17-9-10-18(34-3)13-23(17)35-4/h9-15,21-22H,5-8,16H2,1-4H3/t21-,22?/m0/s1. The molecule has 0 N–H and O–H groups in total. The largest absolute Gasteiger partial charge is 0.497 e. The predicted octanol–water partition coefficient (Wildman–Crippen LogP) is 5.60. The molecule has 3 aromatic rings. The van der Waals surface area contributed by atoms with E-state index in [0.717, 1.165) is 53.5 Å². The zero-order valence-electron chi connectivity index (χ0n) is 21.7. The molecule has 1 aliphatic rings. The highest BCUT2D eigenvalue weighted by atomic mass is 35.5. The lowest BCUT2D eigenvalue weighted by Crippen LogP contribution is -2.44. The van der Waals surface area contributed by atoms with Gasteiger partial charge in [0, 0.05) is 35.3 Å². The summed E-state index contributed by atoms with van der Waals surface area (Å²) >= 11 is 7.61. The van der Waals surface area contributed by atoms with Crippen molar-refractivity contribution in [1.29, 1.82) is 0 Å². The molecule has 2 atom stereocenters. The van der Waals surface area contributed by atoms with Crippen LogP contribution in [0.1, 0.15) is 31.2 Å². The Kier molecular flexibility index (Phi) is 9.02. The Morgan fingerprint density at radius 2 is 1.87 bits per heavy atom. The molecule has 0 saturated heterocycles. The van der Waals surface area contributed by atoms with Crippen molar-refractivity contribution in [3.8, 4) is 17.2 Å². The molecule has 206 valence electrons.